The summed E-state index contributed by atoms with van der Waals surface area (Å²) in [6.45, 7) is 0.196. The molecule has 3 aromatic rings. The van der Waals surface area contributed by atoms with Crippen molar-refractivity contribution < 1.29 is 24.0 Å². The summed E-state index contributed by atoms with van der Waals surface area (Å²) in [5.41, 5.74) is 1.13. The van der Waals surface area contributed by atoms with Gasteiger partial charge in [0.2, 0.25) is 0 Å². The molecule has 154 valence electrons. The van der Waals surface area contributed by atoms with Crippen LogP contribution in [0.25, 0.3) is 6.08 Å². The van der Waals surface area contributed by atoms with E-state index in [1.807, 2.05) is 30.3 Å². The van der Waals surface area contributed by atoms with Crippen molar-refractivity contribution in [3.63, 3.8) is 0 Å². The number of benzene rings is 3. The molecule has 7 nitrogen and oxygen atoms in total. The first kappa shape index (κ1) is 20.0. The number of ketones is 2. The van der Waals surface area contributed by atoms with Crippen LogP contribution in [-0.4, -0.2) is 23.6 Å². The van der Waals surface area contributed by atoms with Crippen LogP contribution in [0.4, 0.5) is 5.69 Å². The molecule has 0 N–H and O–H groups in total. The fourth-order valence-corrected chi connectivity index (χ4v) is 3.41. The van der Waals surface area contributed by atoms with Gasteiger partial charge in [-0.2, -0.15) is 0 Å². The van der Waals surface area contributed by atoms with Crippen molar-refractivity contribution in [2.24, 2.45) is 0 Å². The Morgan fingerprint density at radius 3 is 2.10 bits per heavy atom. The summed E-state index contributed by atoms with van der Waals surface area (Å²) in [6.07, 6.45) is 1.24. The van der Waals surface area contributed by atoms with Crippen molar-refractivity contribution in [3.8, 4) is 11.5 Å². The maximum atomic E-state index is 12.7. The van der Waals surface area contributed by atoms with Gasteiger partial charge in [0, 0.05) is 11.1 Å². The van der Waals surface area contributed by atoms with Gasteiger partial charge in [-0.15, -0.1) is 0 Å². The second kappa shape index (κ2) is 8.23. The second-order valence-electron chi connectivity index (χ2n) is 6.86. The zero-order valence-electron chi connectivity index (χ0n) is 16.5. The Kier molecular flexibility index (Phi) is 5.32. The van der Waals surface area contributed by atoms with Crippen molar-refractivity contribution in [2.75, 3.05) is 7.11 Å². The standard InChI is InChI=1S/C24H17NO6/c1-30-21-12-16(11-19-23(26)17-9-5-6-10-18(17)24(19)27)20(25(28)29)13-22(21)31-14-15-7-3-2-4-8-15/h2-13H,14H2,1H3. The Morgan fingerprint density at radius 2 is 1.52 bits per heavy atom. The lowest BCUT2D eigenvalue weighted by atomic mass is 10.0. The number of hydrogen-bond acceptors (Lipinski definition) is 6. The van der Waals surface area contributed by atoms with Gasteiger partial charge < -0.3 is 9.47 Å². The number of methoxy groups -OCH3 is 1. The fourth-order valence-electron chi connectivity index (χ4n) is 3.41. The number of carbonyl (C=O) groups excluding carboxylic acids is 2. The molecule has 4 rings (SSSR count). The molecular weight excluding hydrogens is 398 g/mol. The maximum Gasteiger partial charge on any atom is 0.280 e. The molecule has 0 saturated carbocycles. The molecule has 0 amide bonds. The van der Waals surface area contributed by atoms with Crippen molar-refractivity contribution in [3.05, 3.63) is 105 Å². The average molecular weight is 415 g/mol. The van der Waals surface area contributed by atoms with Gasteiger partial charge in [0.05, 0.1) is 29.2 Å². The van der Waals surface area contributed by atoms with Gasteiger partial charge in [-0.3, -0.25) is 19.7 Å². The second-order valence-corrected chi connectivity index (χ2v) is 6.86. The first-order valence-electron chi connectivity index (χ1n) is 9.43. The molecule has 0 unspecified atom stereocenters. The molecule has 0 radical (unpaired) electrons. The van der Waals surface area contributed by atoms with E-state index in [0.29, 0.717) is 0 Å². The first-order valence-corrected chi connectivity index (χ1v) is 9.43. The monoisotopic (exact) mass is 415 g/mol. The van der Waals surface area contributed by atoms with Crippen LogP contribution in [0.5, 0.6) is 11.5 Å². The highest BCUT2D eigenvalue weighted by Gasteiger charge is 2.33. The van der Waals surface area contributed by atoms with E-state index in [-0.39, 0.29) is 46.1 Å². The summed E-state index contributed by atoms with van der Waals surface area (Å²) in [5.74, 6) is -0.479. The predicted octanol–water partition coefficient (Wildman–Crippen LogP) is 4.65. The molecule has 0 spiro atoms. The third kappa shape index (κ3) is 3.81. The van der Waals surface area contributed by atoms with Gasteiger partial charge in [0.25, 0.3) is 5.69 Å². The number of Topliss-reactive ketones (excluding diaryl/α,β-unsaturated/α-hetero) is 2. The third-order valence-electron chi connectivity index (χ3n) is 4.95. The summed E-state index contributed by atoms with van der Waals surface area (Å²) in [7, 11) is 1.41. The van der Waals surface area contributed by atoms with E-state index in [1.165, 1.54) is 25.3 Å². The Balaban J connectivity index is 1.73. The first-order chi connectivity index (χ1) is 15.0. The minimum absolute atomic E-state index is 0.0819. The lowest BCUT2D eigenvalue weighted by Gasteiger charge is -2.12. The van der Waals surface area contributed by atoms with E-state index in [2.05, 4.69) is 0 Å². The number of nitro benzene ring substituents is 1. The molecular formula is C24H17NO6. The van der Waals surface area contributed by atoms with Crippen molar-refractivity contribution in [2.45, 2.75) is 6.61 Å². The SMILES string of the molecule is COc1cc(C=C2C(=O)c3ccccc3C2=O)c([N+](=O)[O-])cc1OCc1ccccc1. The number of carbonyl (C=O) groups is 2. The molecule has 31 heavy (non-hydrogen) atoms. The highest BCUT2D eigenvalue weighted by atomic mass is 16.6. The van der Waals surface area contributed by atoms with Crippen LogP contribution in [0, 0.1) is 10.1 Å². The van der Waals surface area contributed by atoms with Crippen LogP contribution in [0.15, 0.2) is 72.3 Å². The lowest BCUT2D eigenvalue weighted by molar-refractivity contribution is -0.385. The number of rotatable bonds is 6. The summed E-state index contributed by atoms with van der Waals surface area (Å²) in [6, 6.07) is 18.4. The summed E-state index contributed by atoms with van der Waals surface area (Å²) >= 11 is 0. The van der Waals surface area contributed by atoms with Crippen molar-refractivity contribution in [1.82, 2.24) is 0 Å². The van der Waals surface area contributed by atoms with Gasteiger partial charge in [-0.25, -0.2) is 0 Å². The number of nitrogens with zero attached hydrogens (tertiary/aromatic N) is 1. The normalized spacial score (nSPS) is 12.5. The molecule has 0 atom stereocenters. The predicted molar refractivity (Wildman–Crippen MR) is 114 cm³/mol. The zero-order chi connectivity index (χ0) is 22.0. The molecule has 0 aromatic heterocycles. The van der Waals surface area contributed by atoms with E-state index >= 15 is 0 Å². The van der Waals surface area contributed by atoms with Gasteiger partial charge in [-0.05, 0) is 17.7 Å². The van der Waals surface area contributed by atoms with Crippen LogP contribution in [0.3, 0.4) is 0 Å². The fraction of sp³-hybridized carbons (Fsp3) is 0.0833. The molecule has 0 saturated heterocycles. The number of nitro groups is 1. The van der Waals surface area contributed by atoms with Crippen molar-refractivity contribution in [1.29, 1.82) is 0 Å². The highest BCUT2D eigenvalue weighted by molar-refractivity contribution is 6.41. The molecule has 1 aliphatic carbocycles. The Hall–Kier alpha value is -4.26. The number of fused-ring (bicyclic) bond motifs is 1. The van der Waals surface area contributed by atoms with Crippen LogP contribution in [-0.2, 0) is 6.61 Å². The van der Waals surface area contributed by atoms with E-state index in [1.54, 1.807) is 24.3 Å². The molecule has 7 heteroatoms. The quantitative estimate of drug-likeness (QED) is 0.252. The van der Waals surface area contributed by atoms with Crippen molar-refractivity contribution >= 4 is 23.3 Å². The molecule has 0 fully saturated rings. The Labute approximate surface area is 177 Å². The minimum Gasteiger partial charge on any atom is -0.493 e. The molecule has 0 heterocycles. The summed E-state index contributed by atoms with van der Waals surface area (Å²) in [5, 5.41) is 11.7. The van der Waals surface area contributed by atoms with Gasteiger partial charge in [-0.1, -0.05) is 54.6 Å². The summed E-state index contributed by atoms with van der Waals surface area (Å²) < 4.78 is 11.1. The Morgan fingerprint density at radius 1 is 0.903 bits per heavy atom. The highest BCUT2D eigenvalue weighted by Crippen LogP contribution is 2.37. The van der Waals surface area contributed by atoms with Gasteiger partial charge >= 0.3 is 0 Å². The summed E-state index contributed by atoms with van der Waals surface area (Å²) in [4.78, 5) is 36.4. The molecule has 0 aliphatic heterocycles. The molecule has 0 bridgehead atoms. The zero-order valence-corrected chi connectivity index (χ0v) is 16.5. The largest absolute Gasteiger partial charge is 0.493 e. The van der Waals surface area contributed by atoms with Gasteiger partial charge in [0.1, 0.15) is 6.61 Å². The third-order valence-corrected chi connectivity index (χ3v) is 4.95. The van der Waals surface area contributed by atoms with Crippen LogP contribution in [0.2, 0.25) is 0 Å². The smallest absolute Gasteiger partial charge is 0.280 e. The number of ether oxygens (including phenoxy) is 2. The average Bonchev–Trinajstić information content (AvgIpc) is 3.03. The van der Waals surface area contributed by atoms with E-state index in [4.69, 9.17) is 9.47 Å². The van der Waals surface area contributed by atoms with E-state index < -0.39 is 16.5 Å². The number of allylic oxidation sites excluding steroid dienone is 1. The molecule has 1 aliphatic rings. The number of hydrogen-bond donors (Lipinski definition) is 0. The molecule has 3 aromatic carbocycles. The lowest BCUT2D eigenvalue weighted by Crippen LogP contribution is -2.03. The topological polar surface area (TPSA) is 95.7 Å². The Bertz CT molecular complexity index is 1190. The van der Waals surface area contributed by atoms with E-state index in [0.717, 1.165) is 5.56 Å². The maximum absolute atomic E-state index is 12.7. The van der Waals surface area contributed by atoms with E-state index in [9.17, 15) is 19.7 Å². The van der Waals surface area contributed by atoms with Crippen LogP contribution >= 0.6 is 0 Å². The van der Waals surface area contributed by atoms with Crippen LogP contribution in [0.1, 0.15) is 31.8 Å². The van der Waals surface area contributed by atoms with Crippen LogP contribution < -0.4 is 9.47 Å². The van der Waals surface area contributed by atoms with Gasteiger partial charge in [0.15, 0.2) is 23.1 Å². The minimum atomic E-state index is -0.585.